The highest BCUT2D eigenvalue weighted by Crippen LogP contribution is 2.75. The van der Waals surface area contributed by atoms with Gasteiger partial charge in [0.1, 0.15) is 6.61 Å². The Bertz CT molecular complexity index is 1070. The van der Waals surface area contributed by atoms with Gasteiger partial charge in [0.15, 0.2) is 5.78 Å². The molecule has 212 valence electrons. The van der Waals surface area contributed by atoms with Crippen molar-refractivity contribution in [2.24, 2.45) is 50.2 Å². The molecular formula is C34H52O4. The maximum Gasteiger partial charge on any atom is 0.312 e. The van der Waals surface area contributed by atoms with Gasteiger partial charge in [0, 0.05) is 5.92 Å². The summed E-state index contributed by atoms with van der Waals surface area (Å²) in [6.45, 7) is 18.5. The van der Waals surface area contributed by atoms with E-state index in [2.05, 4.69) is 54.5 Å². The number of hydrogen-bond acceptors (Lipinski definition) is 4. The van der Waals surface area contributed by atoms with E-state index in [9.17, 15) is 14.7 Å². The number of esters is 1. The van der Waals surface area contributed by atoms with Crippen molar-refractivity contribution in [3.63, 3.8) is 0 Å². The fraction of sp³-hybridized carbons (Fsp3) is 0.824. The Morgan fingerprint density at radius 1 is 1.00 bits per heavy atom. The Morgan fingerprint density at radius 2 is 1.68 bits per heavy atom. The topological polar surface area (TPSA) is 63.6 Å². The molecule has 1 N–H and O–H groups in total. The molecule has 38 heavy (non-hydrogen) atoms. The molecule has 9 atom stereocenters. The van der Waals surface area contributed by atoms with Crippen molar-refractivity contribution in [1.82, 2.24) is 0 Å². The average Bonchev–Trinajstić information content (AvgIpc) is 2.84. The summed E-state index contributed by atoms with van der Waals surface area (Å²) in [6, 6.07) is 0. The van der Waals surface area contributed by atoms with E-state index in [0.717, 1.165) is 57.8 Å². The fourth-order valence-corrected chi connectivity index (χ4v) is 10.7. The molecule has 5 aliphatic carbocycles. The average molecular weight is 525 g/mol. The highest BCUT2D eigenvalue weighted by atomic mass is 16.5. The standard InChI is InChI=1S/C34H52O4/c1-9-10-19-38-28(37)31(5)16-15-30(4)17-18-33(7)22(23(30)21-31)20-24(35)27-32(6)13-12-26(36)29(2,3)25(32)11-14-34(27,33)8/h9-10,20,23,25-27,36H,11-19,21H2,1-8H3/t23-,25?,26+,27-,30-,31+,32+,33-,34-/m1/s1. The Morgan fingerprint density at radius 3 is 2.37 bits per heavy atom. The van der Waals surface area contributed by atoms with Gasteiger partial charge in [-0.25, -0.2) is 0 Å². The number of fused-ring (bicyclic) bond motifs is 7. The lowest BCUT2D eigenvalue weighted by Crippen LogP contribution is -2.66. The molecule has 0 saturated heterocycles. The van der Waals surface area contributed by atoms with Gasteiger partial charge in [0.25, 0.3) is 0 Å². The molecule has 5 aliphatic rings. The van der Waals surface area contributed by atoms with Crippen LogP contribution < -0.4 is 0 Å². The highest BCUT2D eigenvalue weighted by Gasteiger charge is 2.70. The van der Waals surface area contributed by atoms with Crippen molar-refractivity contribution in [3.8, 4) is 0 Å². The maximum atomic E-state index is 14.4. The summed E-state index contributed by atoms with van der Waals surface area (Å²) in [7, 11) is 0. The molecule has 0 aromatic heterocycles. The monoisotopic (exact) mass is 524 g/mol. The van der Waals surface area contributed by atoms with Crippen LogP contribution in [0.2, 0.25) is 0 Å². The summed E-state index contributed by atoms with van der Waals surface area (Å²) < 4.78 is 5.69. The molecule has 5 rings (SSSR count). The lowest BCUT2D eigenvalue weighted by atomic mass is 9.33. The van der Waals surface area contributed by atoms with E-state index < -0.39 is 5.41 Å². The summed E-state index contributed by atoms with van der Waals surface area (Å²) in [4.78, 5) is 27.7. The van der Waals surface area contributed by atoms with Crippen LogP contribution in [0.25, 0.3) is 0 Å². The molecule has 0 radical (unpaired) electrons. The molecule has 4 heteroatoms. The normalized spacial score (nSPS) is 49.8. The molecule has 4 nitrogen and oxygen atoms in total. The van der Waals surface area contributed by atoms with Crippen molar-refractivity contribution in [1.29, 1.82) is 0 Å². The minimum atomic E-state index is -0.515. The molecule has 0 spiro atoms. The van der Waals surface area contributed by atoms with Gasteiger partial charge in [-0.1, -0.05) is 59.3 Å². The van der Waals surface area contributed by atoms with Gasteiger partial charge in [-0.15, -0.1) is 0 Å². The summed E-state index contributed by atoms with van der Waals surface area (Å²) in [5.74, 6) is 0.781. The molecule has 1 unspecified atom stereocenters. The Balaban J connectivity index is 1.54. The quantitative estimate of drug-likeness (QED) is 0.308. The molecule has 0 aliphatic heterocycles. The second kappa shape index (κ2) is 8.79. The van der Waals surface area contributed by atoms with Crippen LogP contribution in [0.4, 0.5) is 0 Å². The van der Waals surface area contributed by atoms with Gasteiger partial charge >= 0.3 is 5.97 Å². The molecule has 0 aromatic carbocycles. The lowest BCUT2D eigenvalue weighted by Gasteiger charge is -2.70. The third-order valence-corrected chi connectivity index (χ3v) is 13.6. The number of carbonyl (C=O) groups is 2. The molecule has 4 fully saturated rings. The first kappa shape index (κ1) is 28.1. The molecule has 0 amide bonds. The number of aliphatic hydroxyl groups is 1. The number of hydrogen-bond donors (Lipinski definition) is 1. The van der Waals surface area contributed by atoms with E-state index in [-0.39, 0.29) is 51.0 Å². The number of allylic oxidation sites excluding steroid dienone is 3. The van der Waals surface area contributed by atoms with Crippen LogP contribution in [0.5, 0.6) is 0 Å². The van der Waals surface area contributed by atoms with E-state index >= 15 is 0 Å². The number of ether oxygens (including phenoxy) is 1. The molecule has 0 aromatic rings. The second-order valence-corrected chi connectivity index (χ2v) is 15.8. The van der Waals surface area contributed by atoms with Gasteiger partial charge < -0.3 is 9.84 Å². The Hall–Kier alpha value is -1.42. The smallest absolute Gasteiger partial charge is 0.312 e. The summed E-state index contributed by atoms with van der Waals surface area (Å²) in [5, 5.41) is 10.9. The summed E-state index contributed by atoms with van der Waals surface area (Å²) >= 11 is 0. The fourth-order valence-electron chi connectivity index (χ4n) is 10.7. The zero-order chi connectivity index (χ0) is 27.9. The third kappa shape index (κ3) is 3.63. The first-order valence-electron chi connectivity index (χ1n) is 15.3. The first-order chi connectivity index (χ1) is 17.6. The van der Waals surface area contributed by atoms with Crippen LogP contribution in [0.3, 0.4) is 0 Å². The SMILES string of the molecule is CC=CCOC(=O)[C@@]1(C)CC[C@]2(C)CC[C@]3(C)C(=CC(=O)[C@@H]4[C@@]5(C)CC[C@H](O)C(C)(C)C5CC[C@]43C)[C@H]2C1. The van der Waals surface area contributed by atoms with Crippen LogP contribution in [0.15, 0.2) is 23.8 Å². The van der Waals surface area contributed by atoms with Crippen molar-refractivity contribution < 1.29 is 19.4 Å². The summed E-state index contributed by atoms with van der Waals surface area (Å²) in [5.41, 5.74) is 0.490. The lowest BCUT2D eigenvalue weighted by molar-refractivity contribution is -0.202. The van der Waals surface area contributed by atoms with E-state index in [0.29, 0.717) is 18.3 Å². The van der Waals surface area contributed by atoms with Crippen molar-refractivity contribution in [2.45, 2.75) is 119 Å². The van der Waals surface area contributed by atoms with Crippen LogP contribution in [-0.2, 0) is 14.3 Å². The molecule has 4 saturated carbocycles. The first-order valence-corrected chi connectivity index (χ1v) is 15.3. The van der Waals surface area contributed by atoms with Crippen LogP contribution in [0.1, 0.15) is 113 Å². The van der Waals surface area contributed by atoms with Gasteiger partial charge in [-0.05, 0) is 117 Å². The second-order valence-electron chi connectivity index (χ2n) is 15.8. The minimum Gasteiger partial charge on any atom is -0.461 e. The zero-order valence-corrected chi connectivity index (χ0v) is 25.3. The molecule has 0 bridgehead atoms. The molecular weight excluding hydrogens is 472 g/mol. The van der Waals surface area contributed by atoms with Crippen molar-refractivity contribution in [2.75, 3.05) is 6.61 Å². The Labute approximate surface area is 231 Å². The van der Waals surface area contributed by atoms with Crippen LogP contribution in [-0.4, -0.2) is 29.6 Å². The van der Waals surface area contributed by atoms with Crippen molar-refractivity contribution in [3.05, 3.63) is 23.8 Å². The predicted octanol–water partition coefficient (Wildman–Crippen LogP) is 7.45. The third-order valence-electron chi connectivity index (χ3n) is 13.6. The summed E-state index contributed by atoms with van der Waals surface area (Å²) in [6.07, 6.45) is 14.3. The van der Waals surface area contributed by atoms with Gasteiger partial charge in [0.05, 0.1) is 11.5 Å². The predicted molar refractivity (Wildman–Crippen MR) is 151 cm³/mol. The van der Waals surface area contributed by atoms with E-state index in [1.165, 1.54) is 5.57 Å². The van der Waals surface area contributed by atoms with Gasteiger partial charge in [0.2, 0.25) is 0 Å². The molecule has 0 heterocycles. The largest absolute Gasteiger partial charge is 0.461 e. The number of ketones is 1. The number of rotatable bonds is 3. The van der Waals surface area contributed by atoms with Gasteiger partial charge in [-0.2, -0.15) is 0 Å². The highest BCUT2D eigenvalue weighted by molar-refractivity contribution is 5.95. The minimum absolute atomic E-state index is 0.0144. The van der Waals surface area contributed by atoms with Crippen LogP contribution in [0, 0.1) is 50.2 Å². The van der Waals surface area contributed by atoms with E-state index in [1.807, 2.05) is 19.1 Å². The van der Waals surface area contributed by atoms with Gasteiger partial charge in [-0.3, -0.25) is 9.59 Å². The number of aliphatic hydroxyl groups excluding tert-OH is 1. The zero-order valence-electron chi connectivity index (χ0n) is 25.3. The maximum absolute atomic E-state index is 14.4. The number of carbonyl (C=O) groups excluding carboxylic acids is 2. The van der Waals surface area contributed by atoms with E-state index in [4.69, 9.17) is 4.74 Å². The Kier molecular flexibility index (Phi) is 6.50. The van der Waals surface area contributed by atoms with Crippen LogP contribution >= 0.6 is 0 Å². The van der Waals surface area contributed by atoms with E-state index in [1.54, 1.807) is 0 Å². The van der Waals surface area contributed by atoms with Crippen molar-refractivity contribution >= 4 is 11.8 Å².